The second kappa shape index (κ2) is 5.93. The highest BCUT2D eigenvalue weighted by molar-refractivity contribution is 5.94. The molecule has 0 bridgehead atoms. The van der Waals surface area contributed by atoms with Gasteiger partial charge in [-0.2, -0.15) is 0 Å². The lowest BCUT2D eigenvalue weighted by atomic mass is 10.1. The van der Waals surface area contributed by atoms with Crippen molar-refractivity contribution in [1.29, 1.82) is 0 Å². The monoisotopic (exact) mass is 265 g/mol. The van der Waals surface area contributed by atoms with Crippen LogP contribution in [0.5, 0.6) is 11.5 Å². The number of phenols is 1. The van der Waals surface area contributed by atoms with Crippen LogP contribution in [0.1, 0.15) is 23.2 Å². The minimum absolute atomic E-state index is 0.0288. The second-order valence-corrected chi connectivity index (χ2v) is 4.71. The van der Waals surface area contributed by atoms with Crippen LogP contribution in [0.3, 0.4) is 0 Å². The van der Waals surface area contributed by atoms with Crippen molar-refractivity contribution in [3.63, 3.8) is 0 Å². The van der Waals surface area contributed by atoms with E-state index in [1.165, 1.54) is 13.2 Å². The molecule has 1 amide bonds. The molecule has 1 fully saturated rings. The number of carbonyl (C=O) groups is 1. The van der Waals surface area contributed by atoms with Crippen molar-refractivity contribution in [3.8, 4) is 11.5 Å². The van der Waals surface area contributed by atoms with E-state index < -0.39 is 0 Å². The summed E-state index contributed by atoms with van der Waals surface area (Å²) in [6.07, 6.45) is 2.17. The molecule has 1 aliphatic rings. The quantitative estimate of drug-likeness (QED) is 0.899. The standard InChI is InChI=1S/C14H19NO4/c1-15(9-11-4-3-7-19-11)14(17)10-5-6-13(18-2)12(16)8-10/h5-6,8,11,16H,3-4,7,9H2,1-2H3. The van der Waals surface area contributed by atoms with E-state index in [4.69, 9.17) is 9.47 Å². The third kappa shape index (κ3) is 3.17. The molecule has 1 aliphatic heterocycles. The van der Waals surface area contributed by atoms with Crippen LogP contribution in [0.2, 0.25) is 0 Å². The molecule has 0 radical (unpaired) electrons. The average Bonchev–Trinajstić information content (AvgIpc) is 2.90. The van der Waals surface area contributed by atoms with Gasteiger partial charge in [0.2, 0.25) is 0 Å². The van der Waals surface area contributed by atoms with E-state index in [2.05, 4.69) is 0 Å². The van der Waals surface area contributed by atoms with Crippen molar-refractivity contribution in [3.05, 3.63) is 23.8 Å². The molecule has 5 heteroatoms. The van der Waals surface area contributed by atoms with E-state index in [0.717, 1.165) is 19.4 Å². The first kappa shape index (κ1) is 13.7. The second-order valence-electron chi connectivity index (χ2n) is 4.71. The molecule has 0 spiro atoms. The molecule has 19 heavy (non-hydrogen) atoms. The topological polar surface area (TPSA) is 59.0 Å². The molecule has 1 unspecified atom stereocenters. The zero-order chi connectivity index (χ0) is 13.8. The molecule has 0 aliphatic carbocycles. The molecule has 1 N–H and O–H groups in total. The number of hydrogen-bond acceptors (Lipinski definition) is 4. The van der Waals surface area contributed by atoms with Crippen molar-refractivity contribution < 1.29 is 19.4 Å². The largest absolute Gasteiger partial charge is 0.504 e. The maximum Gasteiger partial charge on any atom is 0.253 e. The third-order valence-electron chi connectivity index (χ3n) is 3.27. The van der Waals surface area contributed by atoms with Gasteiger partial charge in [-0.25, -0.2) is 0 Å². The molecule has 0 saturated carbocycles. The van der Waals surface area contributed by atoms with Crippen LogP contribution in [0.4, 0.5) is 0 Å². The summed E-state index contributed by atoms with van der Waals surface area (Å²) in [7, 11) is 3.21. The number of ether oxygens (including phenoxy) is 2. The third-order valence-corrected chi connectivity index (χ3v) is 3.27. The molecule has 5 nitrogen and oxygen atoms in total. The Morgan fingerprint density at radius 1 is 1.58 bits per heavy atom. The van der Waals surface area contributed by atoms with Crippen molar-refractivity contribution in [2.75, 3.05) is 27.3 Å². The maximum absolute atomic E-state index is 12.2. The van der Waals surface area contributed by atoms with Gasteiger partial charge in [-0.05, 0) is 31.0 Å². The predicted molar refractivity (Wildman–Crippen MR) is 70.6 cm³/mol. The van der Waals surface area contributed by atoms with E-state index in [9.17, 15) is 9.90 Å². The summed E-state index contributed by atoms with van der Waals surface area (Å²) in [5.74, 6) is 0.200. The number of benzene rings is 1. The van der Waals surface area contributed by atoms with Gasteiger partial charge in [-0.3, -0.25) is 4.79 Å². The Balaban J connectivity index is 2.03. The predicted octanol–water partition coefficient (Wildman–Crippen LogP) is 1.65. The maximum atomic E-state index is 12.2. The van der Waals surface area contributed by atoms with Crippen LogP contribution in [0, 0.1) is 0 Å². The van der Waals surface area contributed by atoms with Gasteiger partial charge in [0, 0.05) is 25.8 Å². The fourth-order valence-electron chi connectivity index (χ4n) is 2.22. The highest BCUT2D eigenvalue weighted by Gasteiger charge is 2.21. The van der Waals surface area contributed by atoms with Gasteiger partial charge in [0.05, 0.1) is 13.2 Å². The summed E-state index contributed by atoms with van der Waals surface area (Å²) in [4.78, 5) is 13.8. The van der Waals surface area contributed by atoms with Gasteiger partial charge >= 0.3 is 0 Å². The highest BCUT2D eigenvalue weighted by atomic mass is 16.5. The van der Waals surface area contributed by atoms with Crippen LogP contribution in [0.15, 0.2) is 18.2 Å². The van der Waals surface area contributed by atoms with Crippen molar-refractivity contribution in [1.82, 2.24) is 4.90 Å². The average molecular weight is 265 g/mol. The lowest BCUT2D eigenvalue weighted by Crippen LogP contribution is -2.34. The summed E-state index contributed by atoms with van der Waals surface area (Å²) >= 11 is 0. The molecule has 1 atom stereocenters. The van der Waals surface area contributed by atoms with Crippen LogP contribution in [0.25, 0.3) is 0 Å². The molecule has 1 heterocycles. The van der Waals surface area contributed by atoms with Crippen LogP contribution in [-0.2, 0) is 4.74 Å². The molecule has 1 aromatic carbocycles. The molecular formula is C14H19NO4. The summed E-state index contributed by atoms with van der Waals surface area (Å²) in [6, 6.07) is 4.66. The van der Waals surface area contributed by atoms with Gasteiger partial charge in [-0.1, -0.05) is 0 Å². The molecule has 104 valence electrons. The number of carbonyl (C=O) groups excluding carboxylic acids is 1. The van der Waals surface area contributed by atoms with Crippen molar-refractivity contribution in [2.45, 2.75) is 18.9 Å². The molecular weight excluding hydrogens is 246 g/mol. The van der Waals surface area contributed by atoms with E-state index in [-0.39, 0.29) is 17.8 Å². The van der Waals surface area contributed by atoms with E-state index in [1.807, 2.05) is 0 Å². The summed E-state index contributed by atoms with van der Waals surface area (Å²) < 4.78 is 10.5. The smallest absolute Gasteiger partial charge is 0.253 e. The van der Waals surface area contributed by atoms with Crippen molar-refractivity contribution >= 4 is 5.91 Å². The SMILES string of the molecule is COc1ccc(C(=O)N(C)CC2CCCO2)cc1O. The Morgan fingerprint density at radius 3 is 2.95 bits per heavy atom. The summed E-state index contributed by atoms with van der Waals surface area (Å²) in [5, 5.41) is 9.69. The zero-order valence-corrected chi connectivity index (χ0v) is 11.3. The Labute approximate surface area is 112 Å². The Kier molecular flexibility index (Phi) is 4.27. The van der Waals surface area contributed by atoms with E-state index in [0.29, 0.717) is 17.9 Å². The first-order chi connectivity index (χ1) is 9.11. The first-order valence-corrected chi connectivity index (χ1v) is 6.36. The fraction of sp³-hybridized carbons (Fsp3) is 0.500. The van der Waals surface area contributed by atoms with Crippen LogP contribution in [-0.4, -0.2) is 49.3 Å². The van der Waals surface area contributed by atoms with Crippen molar-refractivity contribution in [2.24, 2.45) is 0 Å². The van der Waals surface area contributed by atoms with Gasteiger partial charge in [0.15, 0.2) is 11.5 Å². The van der Waals surface area contributed by atoms with E-state index >= 15 is 0 Å². The van der Waals surface area contributed by atoms with Gasteiger partial charge in [-0.15, -0.1) is 0 Å². The summed E-state index contributed by atoms with van der Waals surface area (Å²) in [6.45, 7) is 1.35. The lowest BCUT2D eigenvalue weighted by molar-refractivity contribution is 0.0587. The molecule has 1 saturated heterocycles. The number of hydrogen-bond donors (Lipinski definition) is 1. The highest BCUT2D eigenvalue weighted by Crippen LogP contribution is 2.26. The van der Waals surface area contributed by atoms with E-state index in [1.54, 1.807) is 24.1 Å². The fourth-order valence-corrected chi connectivity index (χ4v) is 2.22. The Bertz CT molecular complexity index is 455. The zero-order valence-electron chi connectivity index (χ0n) is 11.3. The number of amides is 1. The molecule has 0 aromatic heterocycles. The Morgan fingerprint density at radius 2 is 2.37 bits per heavy atom. The van der Waals surface area contributed by atoms with Gasteiger partial charge in [0.1, 0.15) is 0 Å². The number of methoxy groups -OCH3 is 1. The molecule has 1 aromatic rings. The number of likely N-dealkylation sites (N-methyl/N-ethyl adjacent to an activating group) is 1. The minimum Gasteiger partial charge on any atom is -0.504 e. The van der Waals surface area contributed by atoms with Gasteiger partial charge in [0.25, 0.3) is 5.91 Å². The lowest BCUT2D eigenvalue weighted by Gasteiger charge is -2.21. The van der Waals surface area contributed by atoms with Crippen LogP contribution < -0.4 is 4.74 Å². The normalized spacial score (nSPS) is 18.3. The first-order valence-electron chi connectivity index (χ1n) is 6.36. The number of aromatic hydroxyl groups is 1. The Hall–Kier alpha value is -1.75. The van der Waals surface area contributed by atoms with Gasteiger partial charge < -0.3 is 19.5 Å². The number of nitrogens with zero attached hydrogens (tertiary/aromatic N) is 1. The molecule has 2 rings (SSSR count). The minimum atomic E-state index is -0.131. The summed E-state index contributed by atoms with van der Waals surface area (Å²) in [5.41, 5.74) is 0.443. The van der Waals surface area contributed by atoms with Crippen LogP contribution >= 0.6 is 0 Å². The number of phenolic OH excluding ortho intramolecular Hbond substituents is 1. The number of rotatable bonds is 4.